The third kappa shape index (κ3) is 3.80. The minimum atomic E-state index is 0.579. The van der Waals surface area contributed by atoms with Crippen LogP contribution in [0.15, 0.2) is 24.3 Å². The van der Waals surface area contributed by atoms with Crippen molar-refractivity contribution in [2.75, 3.05) is 0 Å². The Balaban J connectivity index is 0.000000671. The fourth-order valence-corrected chi connectivity index (χ4v) is 1.89. The molecule has 0 bridgehead atoms. The molecule has 0 aromatic heterocycles. The van der Waals surface area contributed by atoms with E-state index in [4.69, 9.17) is 0 Å². The van der Waals surface area contributed by atoms with Crippen LogP contribution in [-0.4, -0.2) is 0 Å². The standard InChI is InChI=1S/C11H18.C2H6/c1-5-6-9(2)10-7-11(3,4)8-10;1-2/h5-6,10H,2,7-8H2,1,3-4H3;1-2H3/b6-5-;. The van der Waals surface area contributed by atoms with Gasteiger partial charge < -0.3 is 0 Å². The average Bonchev–Trinajstić information content (AvgIpc) is 2.04. The lowest BCUT2D eigenvalue weighted by Crippen LogP contribution is -2.32. The number of hydrogen-bond donors (Lipinski definition) is 0. The van der Waals surface area contributed by atoms with Crippen LogP contribution in [0.25, 0.3) is 0 Å². The maximum atomic E-state index is 4.05. The fraction of sp³-hybridized carbons (Fsp3) is 0.692. The predicted octanol–water partition coefficient (Wildman–Crippen LogP) is 4.58. The first-order valence-corrected chi connectivity index (χ1v) is 5.37. The van der Waals surface area contributed by atoms with Gasteiger partial charge in [0.05, 0.1) is 0 Å². The summed E-state index contributed by atoms with van der Waals surface area (Å²) in [6, 6.07) is 0. The number of rotatable bonds is 2. The second-order valence-corrected chi connectivity index (χ2v) is 4.34. The first kappa shape index (κ1) is 12.5. The Morgan fingerprint density at radius 2 is 1.77 bits per heavy atom. The third-order valence-corrected chi connectivity index (χ3v) is 2.50. The molecule has 0 aliphatic heterocycles. The smallest absolute Gasteiger partial charge is 0.0158 e. The summed E-state index contributed by atoms with van der Waals surface area (Å²) in [6.07, 6.45) is 6.85. The summed E-state index contributed by atoms with van der Waals surface area (Å²) >= 11 is 0. The van der Waals surface area contributed by atoms with E-state index >= 15 is 0 Å². The maximum Gasteiger partial charge on any atom is -0.0158 e. The summed E-state index contributed by atoms with van der Waals surface area (Å²) in [5.41, 5.74) is 1.89. The molecule has 1 saturated carbocycles. The highest BCUT2D eigenvalue weighted by molar-refractivity contribution is 5.21. The van der Waals surface area contributed by atoms with E-state index in [0.717, 1.165) is 5.92 Å². The van der Waals surface area contributed by atoms with E-state index in [2.05, 4.69) is 39.5 Å². The Morgan fingerprint density at radius 1 is 1.31 bits per heavy atom. The molecular weight excluding hydrogens is 156 g/mol. The maximum absolute atomic E-state index is 4.05. The van der Waals surface area contributed by atoms with Crippen molar-refractivity contribution in [2.24, 2.45) is 11.3 Å². The van der Waals surface area contributed by atoms with Gasteiger partial charge >= 0.3 is 0 Å². The van der Waals surface area contributed by atoms with Crippen molar-refractivity contribution in [3.8, 4) is 0 Å². The van der Waals surface area contributed by atoms with Gasteiger partial charge in [0.25, 0.3) is 0 Å². The minimum Gasteiger partial charge on any atom is -0.0956 e. The quantitative estimate of drug-likeness (QED) is 0.546. The van der Waals surface area contributed by atoms with E-state index in [0.29, 0.717) is 5.41 Å². The van der Waals surface area contributed by atoms with Crippen LogP contribution >= 0.6 is 0 Å². The van der Waals surface area contributed by atoms with E-state index in [1.807, 2.05) is 13.8 Å². The van der Waals surface area contributed by atoms with Crippen LogP contribution in [0.3, 0.4) is 0 Å². The summed E-state index contributed by atoms with van der Waals surface area (Å²) in [5, 5.41) is 0. The van der Waals surface area contributed by atoms with Crippen LogP contribution in [0.1, 0.15) is 47.5 Å². The third-order valence-electron chi connectivity index (χ3n) is 2.50. The highest BCUT2D eigenvalue weighted by Crippen LogP contribution is 2.47. The largest absolute Gasteiger partial charge is 0.0956 e. The van der Waals surface area contributed by atoms with Gasteiger partial charge in [-0.15, -0.1) is 0 Å². The average molecular weight is 180 g/mol. The van der Waals surface area contributed by atoms with Crippen LogP contribution in [0.4, 0.5) is 0 Å². The van der Waals surface area contributed by atoms with Crippen LogP contribution in [0.5, 0.6) is 0 Å². The van der Waals surface area contributed by atoms with Gasteiger partial charge in [-0.1, -0.05) is 52.0 Å². The molecule has 1 rings (SSSR count). The summed E-state index contributed by atoms with van der Waals surface area (Å²) in [4.78, 5) is 0. The molecule has 13 heavy (non-hydrogen) atoms. The molecule has 0 radical (unpaired) electrons. The SMILES string of the molecule is C=C(/C=C\C)C1CC(C)(C)C1.CC. The van der Waals surface area contributed by atoms with Crippen molar-refractivity contribution in [2.45, 2.75) is 47.5 Å². The summed E-state index contributed by atoms with van der Waals surface area (Å²) in [7, 11) is 0. The molecule has 0 heteroatoms. The van der Waals surface area contributed by atoms with Gasteiger partial charge in [0.2, 0.25) is 0 Å². The van der Waals surface area contributed by atoms with Crippen molar-refractivity contribution >= 4 is 0 Å². The first-order valence-electron chi connectivity index (χ1n) is 5.37. The van der Waals surface area contributed by atoms with E-state index in [1.165, 1.54) is 18.4 Å². The van der Waals surface area contributed by atoms with Crippen LogP contribution in [0.2, 0.25) is 0 Å². The molecule has 0 amide bonds. The highest BCUT2D eigenvalue weighted by Gasteiger charge is 2.36. The van der Waals surface area contributed by atoms with Crippen LogP contribution in [0, 0.1) is 11.3 Å². The molecule has 0 aromatic rings. The molecule has 1 fully saturated rings. The highest BCUT2D eigenvalue weighted by atomic mass is 14.4. The molecule has 0 heterocycles. The second kappa shape index (κ2) is 5.26. The number of allylic oxidation sites excluding steroid dienone is 3. The van der Waals surface area contributed by atoms with Crippen LogP contribution in [-0.2, 0) is 0 Å². The topological polar surface area (TPSA) is 0 Å². The Bertz CT molecular complexity index is 176. The van der Waals surface area contributed by atoms with E-state index in [9.17, 15) is 0 Å². The Labute approximate surface area is 83.7 Å². The zero-order valence-corrected chi connectivity index (χ0v) is 9.85. The van der Waals surface area contributed by atoms with Gasteiger partial charge in [-0.3, -0.25) is 0 Å². The summed E-state index contributed by atoms with van der Waals surface area (Å²) < 4.78 is 0. The monoisotopic (exact) mass is 180 g/mol. The van der Waals surface area contributed by atoms with Crippen molar-refractivity contribution in [3.05, 3.63) is 24.3 Å². The summed E-state index contributed by atoms with van der Waals surface area (Å²) in [5.74, 6) is 0.765. The molecule has 0 atom stereocenters. The molecule has 0 aromatic carbocycles. The lowest BCUT2D eigenvalue weighted by atomic mass is 9.62. The van der Waals surface area contributed by atoms with Gasteiger partial charge in [-0.25, -0.2) is 0 Å². The molecule has 0 unspecified atom stereocenters. The Kier molecular flexibility index (Phi) is 5.05. The molecule has 76 valence electrons. The zero-order valence-electron chi connectivity index (χ0n) is 9.85. The zero-order chi connectivity index (χ0) is 10.5. The summed E-state index contributed by atoms with van der Waals surface area (Å²) in [6.45, 7) is 14.7. The Hall–Kier alpha value is -0.520. The van der Waals surface area contributed by atoms with Gasteiger partial charge in [0, 0.05) is 0 Å². The van der Waals surface area contributed by atoms with Gasteiger partial charge in [-0.05, 0) is 31.1 Å². The molecule has 0 saturated heterocycles. The van der Waals surface area contributed by atoms with Gasteiger partial charge in [0.15, 0.2) is 0 Å². The molecule has 0 spiro atoms. The molecule has 0 nitrogen and oxygen atoms in total. The molecule has 0 N–H and O–H groups in total. The van der Waals surface area contributed by atoms with E-state index in [1.54, 1.807) is 0 Å². The number of hydrogen-bond acceptors (Lipinski definition) is 0. The van der Waals surface area contributed by atoms with Gasteiger partial charge in [-0.2, -0.15) is 0 Å². The predicted molar refractivity (Wildman–Crippen MR) is 61.8 cm³/mol. The first-order chi connectivity index (χ1) is 6.05. The van der Waals surface area contributed by atoms with E-state index in [-0.39, 0.29) is 0 Å². The van der Waals surface area contributed by atoms with Crippen LogP contribution < -0.4 is 0 Å². The van der Waals surface area contributed by atoms with Crippen molar-refractivity contribution < 1.29 is 0 Å². The van der Waals surface area contributed by atoms with Crippen molar-refractivity contribution in [1.82, 2.24) is 0 Å². The normalized spacial score (nSPS) is 20.4. The minimum absolute atomic E-state index is 0.579. The molecule has 1 aliphatic carbocycles. The lowest BCUT2D eigenvalue weighted by Gasteiger charge is -2.43. The molecular formula is C13H24. The van der Waals surface area contributed by atoms with E-state index < -0.39 is 0 Å². The van der Waals surface area contributed by atoms with Gasteiger partial charge in [0.1, 0.15) is 0 Å². The second-order valence-electron chi connectivity index (χ2n) is 4.34. The van der Waals surface area contributed by atoms with Crippen molar-refractivity contribution in [1.29, 1.82) is 0 Å². The molecule has 1 aliphatic rings. The fourth-order valence-electron chi connectivity index (χ4n) is 1.89. The van der Waals surface area contributed by atoms with Crippen molar-refractivity contribution in [3.63, 3.8) is 0 Å². The Morgan fingerprint density at radius 3 is 2.08 bits per heavy atom. The lowest BCUT2D eigenvalue weighted by molar-refractivity contribution is 0.126.